The molecule has 2 N–H and O–H groups in total. The molecule has 1 amide bonds. The molecule has 39 heavy (non-hydrogen) atoms. The molecule has 1 atom stereocenters. The lowest BCUT2D eigenvalue weighted by atomic mass is 10.0. The van der Waals surface area contributed by atoms with Crippen molar-refractivity contribution in [3.8, 4) is 23.0 Å². The number of carbonyl (C=O) groups excluding carboxylic acids is 1. The molecule has 11 heteroatoms. The quantitative estimate of drug-likeness (QED) is 0.246. The molecule has 0 bridgehead atoms. The van der Waals surface area contributed by atoms with Crippen LogP contribution >= 0.6 is 0 Å². The van der Waals surface area contributed by atoms with E-state index in [1.807, 2.05) is 36.4 Å². The molecule has 0 spiro atoms. The standard InChI is InChI=1S/C28H31N3O7S/c1-28(27(33)29-34,39(2,35)36)12-14-31-13-11-23(19-26(31)32)22-6-3-21(4-7-22)5-8-24-9-10-25(38-24)20-30-15-17-37-18-16-30/h3-4,6-7,9-11,13,19,34H,12,14-18,20H2,1-2H3,(H,29,33). The van der Waals surface area contributed by atoms with Crippen molar-refractivity contribution < 1.29 is 27.6 Å². The number of nitrogens with zero attached hydrogens (tertiary/aromatic N) is 2. The Morgan fingerprint density at radius 1 is 1.08 bits per heavy atom. The highest BCUT2D eigenvalue weighted by Gasteiger charge is 2.43. The van der Waals surface area contributed by atoms with E-state index in [1.165, 1.54) is 23.0 Å². The zero-order valence-electron chi connectivity index (χ0n) is 21.8. The van der Waals surface area contributed by atoms with Crippen LogP contribution in [0, 0.1) is 11.8 Å². The lowest BCUT2D eigenvalue weighted by molar-refractivity contribution is -0.131. The van der Waals surface area contributed by atoms with Crippen LogP contribution in [0.2, 0.25) is 0 Å². The van der Waals surface area contributed by atoms with Crippen LogP contribution in [0.15, 0.2) is 63.9 Å². The van der Waals surface area contributed by atoms with Gasteiger partial charge in [0, 0.05) is 43.7 Å². The molecular formula is C28H31N3O7S. The first-order valence-electron chi connectivity index (χ1n) is 12.4. The highest BCUT2D eigenvalue weighted by molar-refractivity contribution is 7.92. The third kappa shape index (κ3) is 6.85. The summed E-state index contributed by atoms with van der Waals surface area (Å²) >= 11 is 0. The Balaban J connectivity index is 1.40. The van der Waals surface area contributed by atoms with E-state index in [9.17, 15) is 18.0 Å². The molecule has 3 aromatic rings. The van der Waals surface area contributed by atoms with Gasteiger partial charge in [0.25, 0.3) is 11.5 Å². The topological polar surface area (TPSA) is 131 Å². The van der Waals surface area contributed by atoms with Crippen molar-refractivity contribution in [3.05, 3.63) is 82.2 Å². The Morgan fingerprint density at radius 2 is 1.79 bits per heavy atom. The summed E-state index contributed by atoms with van der Waals surface area (Å²) in [7, 11) is -3.85. The fourth-order valence-corrected chi connectivity index (χ4v) is 5.03. The molecule has 10 nitrogen and oxygen atoms in total. The van der Waals surface area contributed by atoms with Gasteiger partial charge < -0.3 is 13.7 Å². The van der Waals surface area contributed by atoms with Gasteiger partial charge in [0.1, 0.15) is 5.76 Å². The van der Waals surface area contributed by atoms with Crippen LogP contribution in [0.1, 0.15) is 30.4 Å². The predicted octanol–water partition coefficient (Wildman–Crippen LogP) is 2.04. The number of rotatable bonds is 8. The maximum atomic E-state index is 12.7. The third-order valence-electron chi connectivity index (χ3n) is 6.92. The lowest BCUT2D eigenvalue weighted by Crippen LogP contribution is -2.49. The summed E-state index contributed by atoms with van der Waals surface area (Å²) < 4.78 is 35.0. The van der Waals surface area contributed by atoms with Crippen LogP contribution in [0.25, 0.3) is 11.1 Å². The van der Waals surface area contributed by atoms with Gasteiger partial charge in [-0.3, -0.25) is 19.7 Å². The number of nitrogens with one attached hydrogen (secondary N) is 1. The van der Waals surface area contributed by atoms with Crippen molar-refractivity contribution in [2.24, 2.45) is 0 Å². The van der Waals surface area contributed by atoms with Gasteiger partial charge in [-0.1, -0.05) is 18.1 Å². The van der Waals surface area contributed by atoms with Gasteiger partial charge >= 0.3 is 0 Å². The van der Waals surface area contributed by atoms with E-state index in [0.717, 1.165) is 56.0 Å². The second kappa shape index (κ2) is 12.0. The summed E-state index contributed by atoms with van der Waals surface area (Å²) in [5.74, 6) is 6.55. The van der Waals surface area contributed by atoms with E-state index < -0.39 is 20.5 Å². The Labute approximate surface area is 227 Å². The molecule has 1 saturated heterocycles. The number of hydrogen-bond donors (Lipinski definition) is 2. The molecule has 1 aliphatic rings. The van der Waals surface area contributed by atoms with Crippen LogP contribution in [0.4, 0.5) is 0 Å². The molecule has 0 saturated carbocycles. The number of benzene rings is 1. The second-order valence-electron chi connectivity index (χ2n) is 9.62. The maximum absolute atomic E-state index is 12.7. The first-order valence-corrected chi connectivity index (χ1v) is 14.3. The van der Waals surface area contributed by atoms with Gasteiger partial charge in [0.05, 0.1) is 19.8 Å². The predicted molar refractivity (Wildman–Crippen MR) is 145 cm³/mol. The van der Waals surface area contributed by atoms with Gasteiger partial charge in [-0.2, -0.15) is 0 Å². The van der Waals surface area contributed by atoms with Crippen LogP contribution in [-0.2, 0) is 32.5 Å². The van der Waals surface area contributed by atoms with Crippen molar-refractivity contribution in [2.75, 3.05) is 32.6 Å². The largest absolute Gasteiger partial charge is 0.451 e. The number of pyridine rings is 1. The minimum atomic E-state index is -3.85. The average molecular weight is 554 g/mol. The van der Waals surface area contributed by atoms with Crippen LogP contribution < -0.4 is 11.0 Å². The normalized spacial score (nSPS) is 15.7. The number of hydrogen-bond acceptors (Lipinski definition) is 8. The summed E-state index contributed by atoms with van der Waals surface area (Å²) in [5.41, 5.74) is 3.36. The smallest absolute Gasteiger partial charge is 0.264 e. The average Bonchev–Trinajstić information content (AvgIpc) is 3.37. The van der Waals surface area contributed by atoms with Crippen LogP contribution in [-0.4, -0.2) is 66.3 Å². The number of ether oxygens (including phenoxy) is 1. The maximum Gasteiger partial charge on any atom is 0.264 e. The zero-order valence-corrected chi connectivity index (χ0v) is 22.7. The summed E-state index contributed by atoms with van der Waals surface area (Å²) in [4.78, 5) is 27.0. The Bertz CT molecular complexity index is 1540. The molecular weight excluding hydrogens is 522 g/mol. The summed E-state index contributed by atoms with van der Waals surface area (Å²) in [6, 6.07) is 14.4. The van der Waals surface area contributed by atoms with Crippen molar-refractivity contribution in [1.82, 2.24) is 14.9 Å². The van der Waals surface area contributed by atoms with Crippen LogP contribution in [0.5, 0.6) is 0 Å². The molecule has 0 radical (unpaired) electrons. The second-order valence-corrected chi connectivity index (χ2v) is 12.1. The number of aryl methyl sites for hydroxylation is 1. The lowest BCUT2D eigenvalue weighted by Gasteiger charge is -2.25. The fraction of sp³-hybridized carbons (Fsp3) is 0.357. The number of morpholine rings is 1. The van der Waals surface area contributed by atoms with E-state index in [4.69, 9.17) is 14.4 Å². The van der Waals surface area contributed by atoms with Crippen molar-refractivity contribution in [3.63, 3.8) is 0 Å². The molecule has 1 fully saturated rings. The van der Waals surface area contributed by atoms with E-state index in [0.29, 0.717) is 11.3 Å². The molecule has 206 valence electrons. The van der Waals surface area contributed by atoms with E-state index in [2.05, 4.69) is 16.7 Å². The SMILES string of the molecule is CC(CCn1ccc(-c2ccc(C#Cc3ccc(CN4CCOCC4)o3)cc2)cc1=O)(C(=O)NO)S(C)(=O)=O. The van der Waals surface area contributed by atoms with Gasteiger partial charge in [-0.25, -0.2) is 13.9 Å². The molecule has 2 aromatic heterocycles. The number of furan rings is 1. The number of aromatic nitrogens is 1. The van der Waals surface area contributed by atoms with Crippen LogP contribution in [0.3, 0.4) is 0 Å². The monoisotopic (exact) mass is 553 g/mol. The number of carbonyl (C=O) groups is 1. The minimum absolute atomic E-state index is 0.0223. The van der Waals surface area contributed by atoms with Crippen molar-refractivity contribution in [1.29, 1.82) is 0 Å². The van der Waals surface area contributed by atoms with E-state index in [-0.39, 0.29) is 18.5 Å². The first-order chi connectivity index (χ1) is 18.6. The molecule has 0 aliphatic carbocycles. The summed E-state index contributed by atoms with van der Waals surface area (Å²) in [6.45, 7) is 5.16. The Morgan fingerprint density at radius 3 is 2.44 bits per heavy atom. The zero-order chi connectivity index (χ0) is 28.0. The van der Waals surface area contributed by atoms with E-state index >= 15 is 0 Å². The highest BCUT2D eigenvalue weighted by Crippen LogP contribution is 2.23. The van der Waals surface area contributed by atoms with E-state index in [1.54, 1.807) is 12.3 Å². The number of hydroxylamine groups is 1. The first kappa shape index (κ1) is 28.3. The molecule has 1 unspecified atom stereocenters. The summed E-state index contributed by atoms with van der Waals surface area (Å²) in [5, 5.41) is 8.96. The fourth-order valence-electron chi connectivity index (χ4n) is 4.18. The Hall–Kier alpha value is -3.69. The van der Waals surface area contributed by atoms with Gasteiger partial charge in [-0.15, -0.1) is 0 Å². The third-order valence-corrected chi connectivity index (χ3v) is 8.95. The van der Waals surface area contributed by atoms with Crippen molar-refractivity contribution in [2.45, 2.75) is 31.2 Å². The molecule has 1 aliphatic heterocycles. The molecule has 4 rings (SSSR count). The van der Waals surface area contributed by atoms with Gasteiger partial charge in [0.15, 0.2) is 20.3 Å². The van der Waals surface area contributed by atoms with Crippen molar-refractivity contribution >= 4 is 15.7 Å². The molecule has 3 heterocycles. The van der Waals surface area contributed by atoms with Gasteiger partial charge in [-0.05, 0) is 60.7 Å². The highest BCUT2D eigenvalue weighted by atomic mass is 32.2. The number of sulfone groups is 1. The number of amides is 1. The minimum Gasteiger partial charge on any atom is -0.451 e. The Kier molecular flexibility index (Phi) is 8.72. The summed E-state index contributed by atoms with van der Waals surface area (Å²) in [6.07, 6.45) is 2.28. The van der Waals surface area contributed by atoms with Gasteiger partial charge in [0.2, 0.25) is 0 Å². The molecule has 1 aromatic carbocycles.